The van der Waals surface area contributed by atoms with Crippen LogP contribution in [0, 0.1) is 18.6 Å². The molecule has 1 atom stereocenters. The number of hydrogen-bond acceptors (Lipinski definition) is 2. The molecule has 1 heterocycles. The van der Waals surface area contributed by atoms with Crippen LogP contribution in [0.3, 0.4) is 0 Å². The second kappa shape index (κ2) is 5.89. The predicted molar refractivity (Wildman–Crippen MR) is 70.9 cm³/mol. The van der Waals surface area contributed by atoms with Crippen molar-refractivity contribution in [3.05, 3.63) is 65.0 Å². The topological polar surface area (TPSA) is 24.9 Å². The van der Waals surface area contributed by atoms with Crippen molar-refractivity contribution in [3.63, 3.8) is 0 Å². The largest absolute Gasteiger partial charge is 0.305 e. The van der Waals surface area contributed by atoms with Crippen LogP contribution in [0.1, 0.15) is 29.8 Å². The Morgan fingerprint density at radius 3 is 2.68 bits per heavy atom. The molecule has 0 saturated carbocycles. The van der Waals surface area contributed by atoms with Gasteiger partial charge >= 0.3 is 0 Å². The SMILES string of the molecule is CCNC(c1cc(C)ccn1)c1cc(F)ccc1F. The van der Waals surface area contributed by atoms with Gasteiger partial charge in [-0.1, -0.05) is 6.92 Å². The lowest BCUT2D eigenvalue weighted by atomic mass is 10.0. The fourth-order valence-electron chi connectivity index (χ4n) is 2.03. The molecule has 2 nitrogen and oxygen atoms in total. The second-order valence-electron chi connectivity index (χ2n) is 4.41. The minimum absolute atomic E-state index is 0.278. The number of halogens is 2. The quantitative estimate of drug-likeness (QED) is 0.913. The van der Waals surface area contributed by atoms with Crippen molar-refractivity contribution >= 4 is 0 Å². The molecule has 0 bridgehead atoms. The molecule has 0 aliphatic heterocycles. The number of benzene rings is 1. The molecular weight excluding hydrogens is 246 g/mol. The van der Waals surface area contributed by atoms with Gasteiger partial charge in [-0.2, -0.15) is 0 Å². The van der Waals surface area contributed by atoms with Crippen molar-refractivity contribution in [1.29, 1.82) is 0 Å². The van der Waals surface area contributed by atoms with E-state index >= 15 is 0 Å². The van der Waals surface area contributed by atoms with Crippen molar-refractivity contribution in [2.45, 2.75) is 19.9 Å². The fraction of sp³-hybridized carbons (Fsp3) is 0.267. The van der Waals surface area contributed by atoms with Gasteiger partial charge in [0.1, 0.15) is 11.6 Å². The van der Waals surface area contributed by atoms with Crippen molar-refractivity contribution in [3.8, 4) is 0 Å². The predicted octanol–water partition coefficient (Wildman–Crippen LogP) is 3.37. The summed E-state index contributed by atoms with van der Waals surface area (Å²) in [7, 11) is 0. The molecule has 0 fully saturated rings. The van der Waals surface area contributed by atoms with Gasteiger partial charge in [-0.3, -0.25) is 4.98 Å². The van der Waals surface area contributed by atoms with Gasteiger partial charge < -0.3 is 5.32 Å². The maximum Gasteiger partial charge on any atom is 0.128 e. The van der Waals surface area contributed by atoms with Crippen LogP contribution >= 0.6 is 0 Å². The van der Waals surface area contributed by atoms with E-state index in [0.29, 0.717) is 12.2 Å². The second-order valence-corrected chi connectivity index (χ2v) is 4.41. The molecular formula is C15H16F2N2. The van der Waals surface area contributed by atoms with Crippen molar-refractivity contribution in [1.82, 2.24) is 10.3 Å². The number of pyridine rings is 1. The first-order valence-electron chi connectivity index (χ1n) is 6.22. The maximum atomic E-state index is 13.9. The number of rotatable bonds is 4. The zero-order valence-corrected chi connectivity index (χ0v) is 11.0. The lowest BCUT2D eigenvalue weighted by Gasteiger charge is -2.19. The third-order valence-corrected chi connectivity index (χ3v) is 2.91. The Hall–Kier alpha value is -1.81. The molecule has 0 radical (unpaired) electrons. The van der Waals surface area contributed by atoms with E-state index in [9.17, 15) is 8.78 Å². The standard InChI is InChI=1S/C15H16F2N2/c1-3-18-15(14-8-10(2)6-7-19-14)12-9-11(16)4-5-13(12)17/h4-9,15,18H,3H2,1-2H3. The molecule has 0 spiro atoms. The Labute approximate surface area is 111 Å². The summed E-state index contributed by atoms with van der Waals surface area (Å²) < 4.78 is 27.2. The third-order valence-electron chi connectivity index (χ3n) is 2.91. The van der Waals surface area contributed by atoms with Gasteiger partial charge in [-0.15, -0.1) is 0 Å². The van der Waals surface area contributed by atoms with E-state index in [2.05, 4.69) is 10.3 Å². The average Bonchev–Trinajstić information content (AvgIpc) is 2.39. The summed E-state index contributed by atoms with van der Waals surface area (Å²) in [6.07, 6.45) is 1.67. The molecule has 0 aliphatic carbocycles. The first-order chi connectivity index (χ1) is 9.11. The molecule has 100 valence electrons. The zero-order valence-electron chi connectivity index (χ0n) is 11.0. The molecule has 19 heavy (non-hydrogen) atoms. The lowest BCUT2D eigenvalue weighted by molar-refractivity contribution is 0.539. The highest BCUT2D eigenvalue weighted by Gasteiger charge is 2.19. The van der Waals surface area contributed by atoms with Crippen molar-refractivity contribution in [2.24, 2.45) is 0 Å². The minimum Gasteiger partial charge on any atom is -0.305 e. The molecule has 0 amide bonds. The molecule has 0 aliphatic rings. The Morgan fingerprint density at radius 2 is 2.00 bits per heavy atom. The van der Waals surface area contributed by atoms with Gasteiger partial charge in [0.05, 0.1) is 11.7 Å². The molecule has 1 unspecified atom stereocenters. The van der Waals surface area contributed by atoms with E-state index in [1.54, 1.807) is 6.20 Å². The monoisotopic (exact) mass is 262 g/mol. The van der Waals surface area contributed by atoms with Gasteiger partial charge in [0.25, 0.3) is 0 Å². The number of aryl methyl sites for hydroxylation is 1. The molecule has 1 aromatic carbocycles. The van der Waals surface area contributed by atoms with E-state index in [-0.39, 0.29) is 5.56 Å². The molecule has 2 rings (SSSR count). The zero-order chi connectivity index (χ0) is 13.8. The van der Waals surface area contributed by atoms with E-state index in [4.69, 9.17) is 0 Å². The highest BCUT2D eigenvalue weighted by molar-refractivity contribution is 5.31. The summed E-state index contributed by atoms with van der Waals surface area (Å²) in [6, 6.07) is 6.77. The normalized spacial score (nSPS) is 12.4. The van der Waals surface area contributed by atoms with Crippen LogP contribution in [0.2, 0.25) is 0 Å². The van der Waals surface area contributed by atoms with Crippen molar-refractivity contribution in [2.75, 3.05) is 6.54 Å². The van der Waals surface area contributed by atoms with Gasteiger partial charge in [-0.05, 0) is 49.4 Å². The van der Waals surface area contributed by atoms with Crippen LogP contribution in [0.25, 0.3) is 0 Å². The Morgan fingerprint density at radius 1 is 1.21 bits per heavy atom. The van der Waals surface area contributed by atoms with E-state index in [1.165, 1.54) is 6.07 Å². The first-order valence-corrected chi connectivity index (χ1v) is 6.22. The number of nitrogens with zero attached hydrogens (tertiary/aromatic N) is 1. The average molecular weight is 262 g/mol. The Kier molecular flexibility index (Phi) is 4.22. The molecule has 2 aromatic rings. The summed E-state index contributed by atoms with van der Waals surface area (Å²) >= 11 is 0. The van der Waals surface area contributed by atoms with Crippen LogP contribution in [-0.2, 0) is 0 Å². The van der Waals surface area contributed by atoms with Gasteiger partial charge in [0.2, 0.25) is 0 Å². The van der Waals surface area contributed by atoms with Crippen LogP contribution < -0.4 is 5.32 Å². The van der Waals surface area contributed by atoms with Gasteiger partial charge in [0, 0.05) is 11.8 Å². The van der Waals surface area contributed by atoms with Crippen LogP contribution in [0.15, 0.2) is 36.5 Å². The Balaban J connectivity index is 2.48. The molecule has 4 heteroatoms. The molecule has 1 aromatic heterocycles. The lowest BCUT2D eigenvalue weighted by Crippen LogP contribution is -2.24. The van der Waals surface area contributed by atoms with Crippen molar-refractivity contribution < 1.29 is 8.78 Å². The highest BCUT2D eigenvalue weighted by atomic mass is 19.1. The fourth-order valence-corrected chi connectivity index (χ4v) is 2.03. The van der Waals surface area contributed by atoms with E-state index < -0.39 is 17.7 Å². The van der Waals surface area contributed by atoms with E-state index in [1.807, 2.05) is 26.0 Å². The molecule has 0 saturated heterocycles. The van der Waals surface area contributed by atoms with Crippen LogP contribution in [0.5, 0.6) is 0 Å². The molecule has 1 N–H and O–H groups in total. The highest BCUT2D eigenvalue weighted by Crippen LogP contribution is 2.24. The smallest absolute Gasteiger partial charge is 0.128 e. The summed E-state index contributed by atoms with van der Waals surface area (Å²) in [4.78, 5) is 4.25. The summed E-state index contributed by atoms with van der Waals surface area (Å²) in [5.41, 5.74) is 2.00. The third kappa shape index (κ3) is 3.15. The minimum atomic E-state index is -0.452. The van der Waals surface area contributed by atoms with E-state index in [0.717, 1.165) is 17.7 Å². The summed E-state index contributed by atoms with van der Waals surface area (Å²) in [6.45, 7) is 4.49. The number of nitrogens with one attached hydrogen (secondary N) is 1. The first kappa shape index (κ1) is 13.6. The summed E-state index contributed by atoms with van der Waals surface area (Å²) in [5.74, 6) is -0.886. The summed E-state index contributed by atoms with van der Waals surface area (Å²) in [5, 5.41) is 3.14. The van der Waals surface area contributed by atoms with Crippen LogP contribution in [0.4, 0.5) is 8.78 Å². The number of aromatic nitrogens is 1. The van der Waals surface area contributed by atoms with Crippen LogP contribution in [-0.4, -0.2) is 11.5 Å². The Bertz CT molecular complexity index is 570. The van der Waals surface area contributed by atoms with Gasteiger partial charge in [-0.25, -0.2) is 8.78 Å². The maximum absolute atomic E-state index is 13.9. The van der Waals surface area contributed by atoms with Gasteiger partial charge in [0.15, 0.2) is 0 Å². The number of hydrogen-bond donors (Lipinski definition) is 1.